The maximum atomic E-state index is 14.1. The van der Waals surface area contributed by atoms with Crippen LogP contribution in [-0.4, -0.2) is 14.2 Å². The van der Waals surface area contributed by atoms with E-state index in [9.17, 15) is 8.78 Å². The van der Waals surface area contributed by atoms with Crippen LogP contribution in [0.4, 0.5) is 8.78 Å². The number of hydrogen-bond donors (Lipinski definition) is 1. The molecule has 5 heteroatoms. The lowest BCUT2D eigenvalue weighted by Gasteiger charge is -2.19. The van der Waals surface area contributed by atoms with Crippen molar-refractivity contribution in [3.63, 3.8) is 0 Å². The van der Waals surface area contributed by atoms with E-state index in [2.05, 4.69) is 21.2 Å². The summed E-state index contributed by atoms with van der Waals surface area (Å²) in [6, 6.07) is 7.60. The number of methoxy groups -OCH3 is 1. The first kappa shape index (κ1) is 15.9. The molecule has 0 radical (unpaired) electrons. The zero-order valence-electron chi connectivity index (χ0n) is 12.0. The van der Waals surface area contributed by atoms with Gasteiger partial charge in [0.1, 0.15) is 17.4 Å². The fraction of sp³-hybridized carbons (Fsp3) is 0.250. The van der Waals surface area contributed by atoms with E-state index in [-0.39, 0.29) is 6.04 Å². The molecule has 0 amide bonds. The normalized spacial score (nSPS) is 12.3. The summed E-state index contributed by atoms with van der Waals surface area (Å²) in [7, 11) is 3.32. The lowest BCUT2D eigenvalue weighted by atomic mass is 9.96. The number of aryl methyl sites for hydroxylation is 1. The van der Waals surface area contributed by atoms with Crippen LogP contribution in [0.2, 0.25) is 0 Å². The molecule has 2 rings (SSSR count). The van der Waals surface area contributed by atoms with Gasteiger partial charge < -0.3 is 10.1 Å². The molecule has 0 heterocycles. The number of ether oxygens (including phenoxy) is 1. The summed E-state index contributed by atoms with van der Waals surface area (Å²) in [6.45, 7) is 1.62. The van der Waals surface area contributed by atoms with E-state index in [0.717, 1.165) is 16.1 Å². The van der Waals surface area contributed by atoms with Crippen LogP contribution < -0.4 is 10.1 Å². The van der Waals surface area contributed by atoms with Crippen LogP contribution in [0.5, 0.6) is 5.75 Å². The zero-order chi connectivity index (χ0) is 15.6. The molecule has 21 heavy (non-hydrogen) atoms. The lowest BCUT2D eigenvalue weighted by Crippen LogP contribution is -2.19. The largest absolute Gasteiger partial charge is 0.496 e. The van der Waals surface area contributed by atoms with E-state index in [1.807, 2.05) is 12.1 Å². The second kappa shape index (κ2) is 6.54. The molecule has 2 aromatic carbocycles. The van der Waals surface area contributed by atoms with E-state index in [1.165, 1.54) is 6.07 Å². The molecular weight excluding hydrogens is 340 g/mol. The molecule has 0 fully saturated rings. The summed E-state index contributed by atoms with van der Waals surface area (Å²) in [5, 5.41) is 3.06. The van der Waals surface area contributed by atoms with E-state index in [0.29, 0.717) is 16.9 Å². The van der Waals surface area contributed by atoms with Gasteiger partial charge in [-0.05, 0) is 59.2 Å². The number of benzene rings is 2. The molecule has 1 unspecified atom stereocenters. The smallest absolute Gasteiger partial charge is 0.133 e. The molecule has 0 spiro atoms. The second-order valence-corrected chi connectivity index (χ2v) is 5.59. The average molecular weight is 356 g/mol. The van der Waals surface area contributed by atoms with E-state index in [1.54, 1.807) is 27.1 Å². The van der Waals surface area contributed by atoms with Crippen LogP contribution >= 0.6 is 15.9 Å². The molecule has 0 saturated carbocycles. The quantitative estimate of drug-likeness (QED) is 0.879. The summed E-state index contributed by atoms with van der Waals surface area (Å²) >= 11 is 3.42. The lowest BCUT2D eigenvalue weighted by molar-refractivity contribution is 0.412. The van der Waals surface area contributed by atoms with E-state index in [4.69, 9.17) is 4.74 Å². The van der Waals surface area contributed by atoms with Crippen LogP contribution in [0.15, 0.2) is 34.8 Å². The van der Waals surface area contributed by atoms with Gasteiger partial charge in [0.25, 0.3) is 0 Å². The van der Waals surface area contributed by atoms with Crippen molar-refractivity contribution in [1.29, 1.82) is 0 Å². The van der Waals surface area contributed by atoms with Gasteiger partial charge in [0.2, 0.25) is 0 Å². The highest BCUT2D eigenvalue weighted by atomic mass is 79.9. The van der Waals surface area contributed by atoms with Crippen molar-refractivity contribution in [2.45, 2.75) is 13.0 Å². The van der Waals surface area contributed by atoms with Gasteiger partial charge in [-0.1, -0.05) is 6.07 Å². The predicted octanol–water partition coefficient (Wildman–Crippen LogP) is 4.35. The molecule has 0 aliphatic heterocycles. The van der Waals surface area contributed by atoms with Crippen molar-refractivity contribution < 1.29 is 13.5 Å². The molecule has 0 aromatic heterocycles. The maximum Gasteiger partial charge on any atom is 0.133 e. The Bertz CT molecular complexity index is 661. The van der Waals surface area contributed by atoms with Crippen molar-refractivity contribution in [2.24, 2.45) is 0 Å². The Morgan fingerprint density at radius 1 is 1.14 bits per heavy atom. The zero-order valence-corrected chi connectivity index (χ0v) is 13.6. The molecule has 0 aliphatic rings. The molecule has 1 atom stereocenters. The minimum atomic E-state index is -0.565. The van der Waals surface area contributed by atoms with Crippen molar-refractivity contribution in [3.8, 4) is 5.75 Å². The molecule has 0 saturated heterocycles. The monoisotopic (exact) mass is 355 g/mol. The fourth-order valence-corrected chi connectivity index (χ4v) is 2.82. The van der Waals surface area contributed by atoms with Crippen LogP contribution in [0.25, 0.3) is 0 Å². The minimum Gasteiger partial charge on any atom is -0.496 e. The van der Waals surface area contributed by atoms with Gasteiger partial charge in [-0.25, -0.2) is 8.78 Å². The summed E-state index contributed by atoms with van der Waals surface area (Å²) in [4.78, 5) is 0. The molecule has 2 nitrogen and oxygen atoms in total. The Kier molecular flexibility index (Phi) is 4.96. The van der Waals surface area contributed by atoms with Gasteiger partial charge in [0.15, 0.2) is 0 Å². The SMILES string of the molecule is CNC(c1ccc(OC)c(Br)c1)c1cc(C)c(F)cc1F. The van der Waals surface area contributed by atoms with Gasteiger partial charge >= 0.3 is 0 Å². The van der Waals surface area contributed by atoms with Crippen LogP contribution in [0.1, 0.15) is 22.7 Å². The average Bonchev–Trinajstić information content (AvgIpc) is 2.45. The highest BCUT2D eigenvalue weighted by molar-refractivity contribution is 9.10. The van der Waals surface area contributed by atoms with E-state index < -0.39 is 11.6 Å². The Morgan fingerprint density at radius 3 is 2.43 bits per heavy atom. The Hall–Kier alpha value is -1.46. The van der Waals surface area contributed by atoms with Gasteiger partial charge in [0.05, 0.1) is 17.6 Å². The summed E-state index contributed by atoms with van der Waals surface area (Å²) in [6.07, 6.45) is 0. The summed E-state index contributed by atoms with van der Waals surface area (Å²) in [5.74, 6) is -0.407. The van der Waals surface area contributed by atoms with Gasteiger partial charge in [0, 0.05) is 11.6 Å². The molecule has 112 valence electrons. The number of hydrogen-bond acceptors (Lipinski definition) is 2. The summed E-state index contributed by atoms with van der Waals surface area (Å²) < 4.78 is 33.5. The Morgan fingerprint density at radius 2 is 1.86 bits per heavy atom. The van der Waals surface area contributed by atoms with Crippen LogP contribution in [0.3, 0.4) is 0 Å². The van der Waals surface area contributed by atoms with E-state index >= 15 is 0 Å². The predicted molar refractivity (Wildman–Crippen MR) is 82.7 cm³/mol. The van der Waals surface area contributed by atoms with Gasteiger partial charge in [-0.15, -0.1) is 0 Å². The van der Waals surface area contributed by atoms with Gasteiger partial charge in [-0.2, -0.15) is 0 Å². The molecule has 2 aromatic rings. The van der Waals surface area contributed by atoms with Crippen LogP contribution in [0, 0.1) is 18.6 Å². The number of rotatable bonds is 4. The number of halogens is 3. The van der Waals surface area contributed by atoms with Crippen molar-refractivity contribution >= 4 is 15.9 Å². The van der Waals surface area contributed by atoms with Crippen LogP contribution in [-0.2, 0) is 0 Å². The summed E-state index contributed by atoms with van der Waals surface area (Å²) in [5.41, 5.74) is 1.68. The first-order valence-electron chi connectivity index (χ1n) is 6.44. The fourth-order valence-electron chi connectivity index (χ4n) is 2.26. The highest BCUT2D eigenvalue weighted by Crippen LogP contribution is 2.32. The maximum absolute atomic E-state index is 14.1. The van der Waals surface area contributed by atoms with Crippen molar-refractivity contribution in [1.82, 2.24) is 5.32 Å². The molecular formula is C16H16BrF2NO. The number of nitrogens with one attached hydrogen (secondary N) is 1. The molecule has 1 N–H and O–H groups in total. The van der Waals surface area contributed by atoms with Crippen molar-refractivity contribution in [2.75, 3.05) is 14.2 Å². The minimum absolute atomic E-state index is 0.369. The van der Waals surface area contributed by atoms with Crippen molar-refractivity contribution in [3.05, 3.63) is 63.1 Å². The topological polar surface area (TPSA) is 21.3 Å². The second-order valence-electron chi connectivity index (χ2n) is 4.74. The third-order valence-corrected chi connectivity index (χ3v) is 4.01. The third kappa shape index (κ3) is 3.24. The first-order valence-corrected chi connectivity index (χ1v) is 7.23. The molecule has 0 bridgehead atoms. The standard InChI is InChI=1S/C16H16BrF2NO/c1-9-6-11(14(19)8-13(9)18)16(20-2)10-4-5-15(21-3)12(17)7-10/h4-8,16,20H,1-3H3. The Labute approximate surface area is 131 Å². The molecule has 0 aliphatic carbocycles. The third-order valence-electron chi connectivity index (χ3n) is 3.39. The Balaban J connectivity index is 2.49. The van der Waals surface area contributed by atoms with Gasteiger partial charge in [-0.3, -0.25) is 0 Å². The highest BCUT2D eigenvalue weighted by Gasteiger charge is 2.19. The first-order chi connectivity index (χ1) is 9.97.